The van der Waals surface area contributed by atoms with Gasteiger partial charge in [-0.05, 0) is 36.4 Å². The van der Waals surface area contributed by atoms with Crippen LogP contribution in [-0.4, -0.2) is 28.5 Å². The largest absolute Gasteiger partial charge is 0.480 e. The highest BCUT2D eigenvalue weighted by Gasteiger charge is 2.21. The summed E-state index contributed by atoms with van der Waals surface area (Å²) in [5.41, 5.74) is 0.479. The monoisotopic (exact) mass is 324 g/mol. The number of aromatic nitrogens is 1. The fourth-order valence-corrected chi connectivity index (χ4v) is 1.99. The van der Waals surface area contributed by atoms with Crippen molar-refractivity contribution >= 4 is 40.8 Å². The van der Waals surface area contributed by atoms with Gasteiger partial charge >= 0.3 is 5.97 Å². The number of aliphatic carboxylic acids is 1. The third kappa shape index (κ3) is 3.93. The molecule has 0 fully saturated rings. The van der Waals surface area contributed by atoms with E-state index < -0.39 is 18.4 Å². The summed E-state index contributed by atoms with van der Waals surface area (Å²) in [5.74, 6) is -1.69. The van der Waals surface area contributed by atoms with Crippen molar-refractivity contribution in [1.82, 2.24) is 4.98 Å². The highest BCUT2D eigenvalue weighted by atomic mass is 35.5. The number of nitrogens with zero attached hydrogens (tertiary/aromatic N) is 2. The summed E-state index contributed by atoms with van der Waals surface area (Å²) < 4.78 is 0. The van der Waals surface area contributed by atoms with Crippen LogP contribution in [0.15, 0.2) is 42.5 Å². The molecule has 1 heterocycles. The molecule has 0 atom stereocenters. The molecule has 1 aromatic heterocycles. The molecule has 108 valence electrons. The van der Waals surface area contributed by atoms with Crippen LogP contribution in [0.3, 0.4) is 0 Å². The molecular formula is C14H10Cl2N2O3. The van der Waals surface area contributed by atoms with Crippen LogP contribution >= 0.6 is 23.2 Å². The fraction of sp³-hybridized carbons (Fsp3) is 0.0714. The number of carbonyl (C=O) groups excluding carboxylic acids is 1. The quantitative estimate of drug-likeness (QED) is 0.877. The van der Waals surface area contributed by atoms with Gasteiger partial charge in [0.2, 0.25) is 0 Å². The van der Waals surface area contributed by atoms with Crippen LogP contribution in [0.4, 0.5) is 5.69 Å². The van der Waals surface area contributed by atoms with E-state index in [1.54, 1.807) is 30.3 Å². The molecule has 5 nitrogen and oxygen atoms in total. The number of pyridine rings is 1. The normalized spacial score (nSPS) is 10.2. The fourth-order valence-electron chi connectivity index (χ4n) is 1.70. The smallest absolute Gasteiger partial charge is 0.323 e. The number of carbonyl (C=O) groups is 2. The lowest BCUT2D eigenvalue weighted by molar-refractivity contribution is -0.135. The number of hydrogen-bond donors (Lipinski definition) is 1. The minimum atomic E-state index is -1.14. The van der Waals surface area contributed by atoms with Crippen LogP contribution in [0.2, 0.25) is 10.2 Å². The van der Waals surface area contributed by atoms with E-state index >= 15 is 0 Å². The van der Waals surface area contributed by atoms with Gasteiger partial charge in [0, 0.05) is 10.7 Å². The first-order valence-corrected chi connectivity index (χ1v) is 6.65. The molecule has 0 bridgehead atoms. The third-order valence-corrected chi connectivity index (χ3v) is 3.07. The summed E-state index contributed by atoms with van der Waals surface area (Å²) in [7, 11) is 0. The summed E-state index contributed by atoms with van der Waals surface area (Å²) >= 11 is 11.5. The molecule has 0 aliphatic carbocycles. The van der Waals surface area contributed by atoms with Crippen LogP contribution in [0, 0.1) is 0 Å². The van der Waals surface area contributed by atoms with Crippen molar-refractivity contribution in [2.24, 2.45) is 0 Å². The maximum atomic E-state index is 12.4. The number of rotatable bonds is 4. The lowest BCUT2D eigenvalue weighted by Crippen LogP contribution is -2.36. The Hall–Kier alpha value is -2.11. The first kappa shape index (κ1) is 15.3. The molecule has 0 radical (unpaired) electrons. The molecule has 2 rings (SSSR count). The molecular weight excluding hydrogens is 315 g/mol. The van der Waals surface area contributed by atoms with Gasteiger partial charge in [0.05, 0.1) is 0 Å². The average Bonchev–Trinajstić information content (AvgIpc) is 2.45. The predicted molar refractivity (Wildman–Crippen MR) is 80.0 cm³/mol. The number of benzene rings is 1. The van der Waals surface area contributed by atoms with E-state index in [1.807, 2.05) is 0 Å². The molecule has 1 aromatic carbocycles. The van der Waals surface area contributed by atoms with Gasteiger partial charge in [-0.25, -0.2) is 4.98 Å². The van der Waals surface area contributed by atoms with Crippen LogP contribution in [0.5, 0.6) is 0 Å². The minimum Gasteiger partial charge on any atom is -0.480 e. The third-order valence-electron chi connectivity index (χ3n) is 2.61. The minimum absolute atomic E-state index is 0.0682. The Morgan fingerprint density at radius 3 is 2.33 bits per heavy atom. The lowest BCUT2D eigenvalue weighted by atomic mass is 10.2. The zero-order valence-corrected chi connectivity index (χ0v) is 12.2. The summed E-state index contributed by atoms with van der Waals surface area (Å²) in [5, 5.41) is 9.63. The van der Waals surface area contributed by atoms with E-state index in [-0.39, 0.29) is 10.8 Å². The summed E-state index contributed by atoms with van der Waals surface area (Å²) in [6.07, 6.45) is 0. The SMILES string of the molecule is O=C(O)CN(C(=O)c1cccc(Cl)n1)c1ccc(Cl)cc1. The second kappa shape index (κ2) is 6.56. The Morgan fingerprint density at radius 2 is 1.76 bits per heavy atom. The van der Waals surface area contributed by atoms with Gasteiger partial charge in [-0.1, -0.05) is 29.3 Å². The molecule has 2 aromatic rings. The highest BCUT2D eigenvalue weighted by Crippen LogP contribution is 2.20. The van der Waals surface area contributed by atoms with Crippen LogP contribution in [-0.2, 0) is 4.79 Å². The highest BCUT2D eigenvalue weighted by molar-refractivity contribution is 6.30. The van der Waals surface area contributed by atoms with Crippen LogP contribution in [0.25, 0.3) is 0 Å². The first-order chi connectivity index (χ1) is 9.97. The van der Waals surface area contributed by atoms with E-state index in [9.17, 15) is 9.59 Å². The second-order valence-electron chi connectivity index (χ2n) is 4.11. The Bertz CT molecular complexity index is 674. The molecule has 0 saturated heterocycles. The zero-order chi connectivity index (χ0) is 15.4. The van der Waals surface area contributed by atoms with Crippen molar-refractivity contribution in [1.29, 1.82) is 0 Å². The summed E-state index contributed by atoms with van der Waals surface area (Å²) in [4.78, 5) is 28.4. The van der Waals surface area contributed by atoms with Gasteiger partial charge in [0.15, 0.2) is 0 Å². The van der Waals surface area contributed by atoms with E-state index in [4.69, 9.17) is 28.3 Å². The Balaban J connectivity index is 2.38. The summed E-state index contributed by atoms with van der Waals surface area (Å²) in [6, 6.07) is 10.8. The van der Waals surface area contributed by atoms with E-state index in [0.29, 0.717) is 10.7 Å². The number of carboxylic acid groups (broad SMARTS) is 1. The number of amides is 1. The molecule has 7 heteroatoms. The molecule has 0 aliphatic heterocycles. The number of anilines is 1. The predicted octanol–water partition coefficient (Wildman–Crippen LogP) is 3.12. The molecule has 1 amide bonds. The van der Waals surface area contributed by atoms with Crippen molar-refractivity contribution in [2.75, 3.05) is 11.4 Å². The number of hydrogen-bond acceptors (Lipinski definition) is 3. The number of carboxylic acids is 1. The topological polar surface area (TPSA) is 70.5 Å². The standard InChI is InChI=1S/C14H10Cl2N2O3/c15-9-4-6-10(7-5-9)18(8-13(19)20)14(21)11-2-1-3-12(16)17-11/h1-7H,8H2,(H,19,20). The van der Waals surface area contributed by atoms with Gasteiger partial charge < -0.3 is 5.11 Å². The van der Waals surface area contributed by atoms with Crippen molar-refractivity contribution < 1.29 is 14.7 Å². The van der Waals surface area contributed by atoms with Gasteiger partial charge in [0.25, 0.3) is 5.91 Å². The Morgan fingerprint density at radius 1 is 1.10 bits per heavy atom. The van der Waals surface area contributed by atoms with E-state index in [0.717, 1.165) is 4.90 Å². The molecule has 0 unspecified atom stereocenters. The van der Waals surface area contributed by atoms with Crippen molar-refractivity contribution in [2.45, 2.75) is 0 Å². The zero-order valence-electron chi connectivity index (χ0n) is 10.7. The maximum Gasteiger partial charge on any atom is 0.323 e. The molecule has 1 N–H and O–H groups in total. The van der Waals surface area contributed by atoms with Crippen molar-refractivity contribution in [3.8, 4) is 0 Å². The van der Waals surface area contributed by atoms with Gasteiger partial charge in [-0.3, -0.25) is 14.5 Å². The Labute approximate surface area is 130 Å². The maximum absolute atomic E-state index is 12.4. The van der Waals surface area contributed by atoms with E-state index in [1.165, 1.54) is 12.1 Å². The van der Waals surface area contributed by atoms with Crippen molar-refractivity contribution in [3.63, 3.8) is 0 Å². The van der Waals surface area contributed by atoms with Gasteiger partial charge in [-0.2, -0.15) is 0 Å². The van der Waals surface area contributed by atoms with Crippen LogP contribution in [0.1, 0.15) is 10.5 Å². The van der Waals surface area contributed by atoms with Gasteiger partial charge in [-0.15, -0.1) is 0 Å². The average molecular weight is 325 g/mol. The molecule has 21 heavy (non-hydrogen) atoms. The van der Waals surface area contributed by atoms with E-state index in [2.05, 4.69) is 4.98 Å². The van der Waals surface area contributed by atoms with Gasteiger partial charge in [0.1, 0.15) is 17.4 Å². The van der Waals surface area contributed by atoms with Crippen molar-refractivity contribution in [3.05, 3.63) is 58.3 Å². The molecule has 0 spiro atoms. The lowest BCUT2D eigenvalue weighted by Gasteiger charge is -2.20. The van der Waals surface area contributed by atoms with Crippen LogP contribution < -0.4 is 4.90 Å². The molecule has 0 saturated carbocycles. The number of halogens is 2. The molecule has 0 aliphatic rings. The summed E-state index contributed by atoms with van der Waals surface area (Å²) in [6.45, 7) is -0.491. The Kier molecular flexibility index (Phi) is 4.77. The first-order valence-electron chi connectivity index (χ1n) is 5.89. The second-order valence-corrected chi connectivity index (χ2v) is 4.93.